The van der Waals surface area contributed by atoms with Crippen LogP contribution in [0.1, 0.15) is 6.42 Å². The van der Waals surface area contributed by atoms with Crippen LogP contribution in [0.25, 0.3) is 0 Å². The average molecular weight is 192 g/mol. The first-order chi connectivity index (χ1) is 6.05. The van der Waals surface area contributed by atoms with Crippen molar-refractivity contribution in [1.29, 1.82) is 0 Å². The zero-order valence-electron chi connectivity index (χ0n) is 7.17. The number of likely N-dealkylation sites (tertiary alicyclic amines) is 1. The fourth-order valence-electron chi connectivity index (χ4n) is 1.10. The van der Waals surface area contributed by atoms with Crippen molar-refractivity contribution in [2.75, 3.05) is 20.2 Å². The smallest absolute Gasteiger partial charge is 0.268 e. The molecule has 0 unspecified atom stereocenters. The van der Waals surface area contributed by atoms with Gasteiger partial charge in [0.15, 0.2) is 0 Å². The molecular weight excluding hydrogens is 182 g/mol. The Morgan fingerprint density at radius 1 is 1.69 bits per heavy atom. The lowest BCUT2D eigenvalue weighted by Gasteiger charge is -2.12. The van der Waals surface area contributed by atoms with Crippen LogP contribution >= 0.6 is 0 Å². The van der Waals surface area contributed by atoms with Crippen LogP contribution in [0, 0.1) is 0 Å². The number of amides is 1. The van der Waals surface area contributed by atoms with Crippen molar-refractivity contribution in [1.82, 2.24) is 4.90 Å². The fraction of sp³-hybridized carbons (Fsp3) is 0.714. The lowest BCUT2D eigenvalue weighted by atomic mass is 10.3. The highest BCUT2D eigenvalue weighted by Gasteiger charge is 2.39. The molecule has 0 aromatic carbocycles. The number of halogens is 2. The Labute approximate surface area is 74.1 Å². The van der Waals surface area contributed by atoms with Gasteiger partial charge in [-0.25, -0.2) is 8.78 Å². The van der Waals surface area contributed by atoms with Crippen LogP contribution in [0.3, 0.4) is 0 Å². The predicted octanol–water partition coefficient (Wildman–Crippen LogP) is 0.486. The van der Waals surface area contributed by atoms with Gasteiger partial charge in [-0.1, -0.05) is 5.16 Å². The van der Waals surface area contributed by atoms with E-state index < -0.39 is 18.4 Å². The van der Waals surface area contributed by atoms with Gasteiger partial charge in [0.05, 0.1) is 6.54 Å². The molecule has 0 aromatic rings. The summed E-state index contributed by atoms with van der Waals surface area (Å²) < 4.78 is 25.2. The zero-order valence-corrected chi connectivity index (χ0v) is 7.17. The number of carbonyl (C=O) groups excluding carboxylic acids is 1. The van der Waals surface area contributed by atoms with Gasteiger partial charge in [-0.05, 0) is 0 Å². The Bertz CT molecular complexity index is 231. The molecule has 0 N–H and O–H groups in total. The third kappa shape index (κ3) is 2.64. The van der Waals surface area contributed by atoms with Crippen molar-refractivity contribution in [3.63, 3.8) is 0 Å². The van der Waals surface area contributed by atoms with E-state index in [1.807, 2.05) is 0 Å². The molecule has 1 saturated heterocycles. The first-order valence-electron chi connectivity index (χ1n) is 3.78. The van der Waals surface area contributed by atoms with E-state index in [-0.39, 0.29) is 13.0 Å². The zero-order chi connectivity index (χ0) is 9.90. The number of hydrogen-bond acceptors (Lipinski definition) is 3. The van der Waals surface area contributed by atoms with Gasteiger partial charge in [0, 0.05) is 13.0 Å². The van der Waals surface area contributed by atoms with Gasteiger partial charge in [0.1, 0.15) is 13.3 Å². The predicted molar refractivity (Wildman–Crippen MR) is 41.6 cm³/mol. The minimum atomic E-state index is -2.75. The van der Waals surface area contributed by atoms with Gasteiger partial charge in [-0.3, -0.25) is 4.79 Å². The molecule has 0 atom stereocenters. The second kappa shape index (κ2) is 3.68. The molecule has 0 spiro atoms. The van der Waals surface area contributed by atoms with Crippen molar-refractivity contribution in [3.8, 4) is 0 Å². The molecule has 0 saturated carbocycles. The minimum absolute atomic E-state index is 0.0710. The van der Waals surface area contributed by atoms with E-state index in [4.69, 9.17) is 0 Å². The Kier molecular flexibility index (Phi) is 2.79. The van der Waals surface area contributed by atoms with E-state index in [9.17, 15) is 13.6 Å². The topological polar surface area (TPSA) is 41.9 Å². The van der Waals surface area contributed by atoms with Crippen LogP contribution in [0.15, 0.2) is 5.16 Å². The van der Waals surface area contributed by atoms with E-state index >= 15 is 0 Å². The second-order valence-corrected chi connectivity index (χ2v) is 2.78. The molecule has 0 radical (unpaired) electrons. The summed E-state index contributed by atoms with van der Waals surface area (Å²) in [6.45, 7) is -0.455. The molecule has 13 heavy (non-hydrogen) atoms. The summed E-state index contributed by atoms with van der Waals surface area (Å²) >= 11 is 0. The Balaban J connectivity index is 2.47. The van der Waals surface area contributed by atoms with Crippen molar-refractivity contribution in [3.05, 3.63) is 0 Å². The number of nitrogens with zero attached hydrogens (tertiary/aromatic N) is 2. The van der Waals surface area contributed by atoms with Gasteiger partial charge in [-0.15, -0.1) is 0 Å². The highest BCUT2D eigenvalue weighted by Crippen LogP contribution is 2.26. The summed E-state index contributed by atoms with van der Waals surface area (Å²) in [5, 5.41) is 3.20. The second-order valence-electron chi connectivity index (χ2n) is 2.78. The van der Waals surface area contributed by atoms with Crippen LogP contribution in [0.4, 0.5) is 8.78 Å². The summed E-state index contributed by atoms with van der Waals surface area (Å²) in [6, 6.07) is 0. The molecule has 1 heterocycles. The molecule has 1 amide bonds. The van der Waals surface area contributed by atoms with Crippen LogP contribution in [-0.4, -0.2) is 43.1 Å². The first-order valence-corrected chi connectivity index (χ1v) is 3.78. The normalized spacial score (nSPS) is 21.0. The number of carbonyl (C=O) groups is 1. The van der Waals surface area contributed by atoms with E-state index in [0.717, 1.165) is 11.1 Å². The maximum absolute atomic E-state index is 12.6. The van der Waals surface area contributed by atoms with Crippen LogP contribution < -0.4 is 0 Å². The maximum Gasteiger partial charge on any atom is 0.268 e. The molecule has 74 valence electrons. The summed E-state index contributed by atoms with van der Waals surface area (Å²) in [4.78, 5) is 16.4. The van der Waals surface area contributed by atoms with Gasteiger partial charge in [0.2, 0.25) is 0 Å². The van der Waals surface area contributed by atoms with Gasteiger partial charge < -0.3 is 9.74 Å². The summed E-state index contributed by atoms with van der Waals surface area (Å²) in [6.07, 6.45) is 0.612. The SMILES string of the molecule is CO/N=C/C(=O)N1CCC(F)(F)C1. The van der Waals surface area contributed by atoms with Crippen molar-refractivity contribution >= 4 is 12.1 Å². The monoisotopic (exact) mass is 192 g/mol. The lowest BCUT2D eigenvalue weighted by molar-refractivity contribution is -0.124. The number of rotatable bonds is 2. The van der Waals surface area contributed by atoms with E-state index in [0.29, 0.717) is 0 Å². The van der Waals surface area contributed by atoms with Crippen molar-refractivity contribution in [2.45, 2.75) is 12.3 Å². The van der Waals surface area contributed by atoms with Crippen molar-refractivity contribution < 1.29 is 18.4 Å². The average Bonchev–Trinajstić information content (AvgIpc) is 2.42. The molecular formula is C7H10F2N2O2. The fourth-order valence-corrected chi connectivity index (χ4v) is 1.10. The van der Waals surface area contributed by atoms with E-state index in [1.165, 1.54) is 7.11 Å². The summed E-state index contributed by atoms with van der Waals surface area (Å²) in [5.74, 6) is -3.30. The Hall–Kier alpha value is -1.20. The van der Waals surface area contributed by atoms with Crippen LogP contribution in [-0.2, 0) is 9.63 Å². The van der Waals surface area contributed by atoms with Crippen molar-refractivity contribution in [2.24, 2.45) is 5.16 Å². The molecule has 0 aromatic heterocycles. The summed E-state index contributed by atoms with van der Waals surface area (Å²) in [5.41, 5.74) is 0. The third-order valence-electron chi connectivity index (χ3n) is 1.75. The molecule has 4 nitrogen and oxygen atoms in total. The highest BCUT2D eigenvalue weighted by atomic mass is 19.3. The lowest BCUT2D eigenvalue weighted by Crippen LogP contribution is -2.32. The largest absolute Gasteiger partial charge is 0.399 e. The summed E-state index contributed by atoms with van der Waals surface area (Å²) in [7, 11) is 1.28. The molecule has 1 rings (SSSR count). The number of oxime groups is 1. The van der Waals surface area contributed by atoms with Gasteiger partial charge >= 0.3 is 0 Å². The molecule has 1 aliphatic rings. The molecule has 1 aliphatic heterocycles. The van der Waals surface area contributed by atoms with Gasteiger partial charge in [0.25, 0.3) is 11.8 Å². The Morgan fingerprint density at radius 2 is 2.38 bits per heavy atom. The quantitative estimate of drug-likeness (QED) is 0.472. The molecule has 6 heteroatoms. The minimum Gasteiger partial charge on any atom is -0.399 e. The van der Waals surface area contributed by atoms with E-state index in [2.05, 4.69) is 9.99 Å². The van der Waals surface area contributed by atoms with Gasteiger partial charge in [-0.2, -0.15) is 0 Å². The maximum atomic E-state index is 12.6. The van der Waals surface area contributed by atoms with Crippen LogP contribution in [0.2, 0.25) is 0 Å². The molecule has 1 fully saturated rings. The Morgan fingerprint density at radius 3 is 2.85 bits per heavy atom. The first kappa shape index (κ1) is 9.88. The van der Waals surface area contributed by atoms with E-state index in [1.54, 1.807) is 0 Å². The standard InChI is InChI=1S/C7H10F2N2O2/c1-13-10-4-6(12)11-3-2-7(8,9)5-11/h4H,2-3,5H2,1H3/b10-4+. The van der Waals surface area contributed by atoms with Crippen LogP contribution in [0.5, 0.6) is 0 Å². The number of hydrogen-bond donors (Lipinski definition) is 0. The third-order valence-corrected chi connectivity index (χ3v) is 1.75. The molecule has 0 aliphatic carbocycles. The number of alkyl halides is 2. The highest BCUT2D eigenvalue weighted by molar-refractivity contribution is 6.26. The molecule has 0 bridgehead atoms.